The lowest BCUT2D eigenvalue weighted by atomic mass is 10.1. The summed E-state index contributed by atoms with van der Waals surface area (Å²) in [6.45, 7) is 7.60. The highest BCUT2D eigenvalue weighted by atomic mass is 16.6. The van der Waals surface area contributed by atoms with Crippen LogP contribution in [-0.2, 0) is 16.1 Å². The van der Waals surface area contributed by atoms with Gasteiger partial charge in [0.05, 0.1) is 5.92 Å². The molecule has 1 heterocycles. The zero-order valence-corrected chi connectivity index (χ0v) is 10.1. The highest BCUT2D eigenvalue weighted by Gasteiger charge is 2.13. The average molecular weight is 230 g/mol. The standard InChI is InChI=1S/C9H12O5.C2H6/c1-3-6(2)8(10)12-4-7-5-13-9(11)14-7;1-2/h5-6H,3-4H2,1-2H3;1-2H3. The van der Waals surface area contributed by atoms with Crippen LogP contribution in [0.15, 0.2) is 19.9 Å². The minimum absolute atomic E-state index is 0.0606. The molecule has 1 atom stereocenters. The Labute approximate surface area is 94.4 Å². The molecule has 1 rings (SSSR count). The van der Waals surface area contributed by atoms with Crippen LogP contribution < -0.4 is 5.82 Å². The van der Waals surface area contributed by atoms with E-state index in [0.717, 1.165) is 6.26 Å². The van der Waals surface area contributed by atoms with Gasteiger partial charge in [-0.1, -0.05) is 27.7 Å². The Morgan fingerprint density at radius 2 is 2.12 bits per heavy atom. The molecule has 1 unspecified atom stereocenters. The fraction of sp³-hybridized carbons (Fsp3) is 0.636. The first-order valence-electron chi connectivity index (χ1n) is 5.37. The zero-order valence-electron chi connectivity index (χ0n) is 10.1. The van der Waals surface area contributed by atoms with Crippen molar-refractivity contribution in [1.29, 1.82) is 0 Å². The number of esters is 1. The van der Waals surface area contributed by atoms with Gasteiger partial charge in [0.1, 0.15) is 6.26 Å². The minimum Gasteiger partial charge on any atom is -0.457 e. The molecular formula is C11H18O5. The Kier molecular flexibility index (Phi) is 7.00. The lowest BCUT2D eigenvalue weighted by molar-refractivity contribution is -0.149. The fourth-order valence-electron chi connectivity index (χ4n) is 0.784. The van der Waals surface area contributed by atoms with Crippen LogP contribution in [0.2, 0.25) is 0 Å². The molecule has 0 aliphatic rings. The molecule has 1 aromatic rings. The van der Waals surface area contributed by atoms with Gasteiger partial charge in [0.15, 0.2) is 12.4 Å². The highest BCUT2D eigenvalue weighted by molar-refractivity contribution is 5.71. The van der Waals surface area contributed by atoms with Gasteiger partial charge in [-0.25, -0.2) is 4.79 Å². The molecule has 0 aromatic carbocycles. The van der Waals surface area contributed by atoms with Crippen molar-refractivity contribution < 1.29 is 18.4 Å². The van der Waals surface area contributed by atoms with Crippen LogP contribution in [0.25, 0.3) is 0 Å². The molecule has 0 amide bonds. The van der Waals surface area contributed by atoms with Gasteiger partial charge in [-0.3, -0.25) is 4.79 Å². The predicted molar refractivity (Wildman–Crippen MR) is 57.8 cm³/mol. The van der Waals surface area contributed by atoms with Gasteiger partial charge in [-0.05, 0) is 6.42 Å². The quantitative estimate of drug-likeness (QED) is 0.742. The van der Waals surface area contributed by atoms with Gasteiger partial charge in [0, 0.05) is 0 Å². The van der Waals surface area contributed by atoms with E-state index in [4.69, 9.17) is 4.74 Å². The van der Waals surface area contributed by atoms with E-state index in [1.54, 1.807) is 6.92 Å². The van der Waals surface area contributed by atoms with Crippen LogP contribution >= 0.6 is 0 Å². The molecule has 16 heavy (non-hydrogen) atoms. The van der Waals surface area contributed by atoms with Crippen molar-refractivity contribution in [2.45, 2.75) is 40.7 Å². The van der Waals surface area contributed by atoms with Gasteiger partial charge >= 0.3 is 11.8 Å². The summed E-state index contributed by atoms with van der Waals surface area (Å²) in [5, 5.41) is 0. The van der Waals surface area contributed by atoms with E-state index in [9.17, 15) is 9.59 Å². The van der Waals surface area contributed by atoms with Gasteiger partial charge in [0.25, 0.3) is 0 Å². The fourth-order valence-corrected chi connectivity index (χ4v) is 0.784. The topological polar surface area (TPSA) is 69.7 Å². The molecule has 0 aliphatic heterocycles. The first kappa shape index (κ1) is 14.5. The highest BCUT2D eigenvalue weighted by Crippen LogP contribution is 2.06. The van der Waals surface area contributed by atoms with Crippen LogP contribution in [0.4, 0.5) is 0 Å². The Morgan fingerprint density at radius 3 is 2.56 bits per heavy atom. The molecule has 0 saturated carbocycles. The van der Waals surface area contributed by atoms with E-state index in [1.807, 2.05) is 20.8 Å². The van der Waals surface area contributed by atoms with Crippen molar-refractivity contribution in [3.8, 4) is 0 Å². The molecule has 0 N–H and O–H groups in total. The summed E-state index contributed by atoms with van der Waals surface area (Å²) in [6, 6.07) is 0. The molecule has 0 saturated heterocycles. The summed E-state index contributed by atoms with van der Waals surface area (Å²) in [5.41, 5.74) is 0. The number of hydrogen-bond acceptors (Lipinski definition) is 5. The monoisotopic (exact) mass is 230 g/mol. The molecule has 5 nitrogen and oxygen atoms in total. The molecule has 0 bridgehead atoms. The third-order valence-electron chi connectivity index (χ3n) is 1.87. The van der Waals surface area contributed by atoms with E-state index >= 15 is 0 Å². The van der Waals surface area contributed by atoms with Crippen LogP contribution in [0.5, 0.6) is 0 Å². The number of rotatable bonds is 4. The van der Waals surface area contributed by atoms with Crippen LogP contribution in [0.1, 0.15) is 39.9 Å². The molecule has 0 aliphatic carbocycles. The Bertz CT molecular complexity index is 349. The molecule has 5 heteroatoms. The maximum absolute atomic E-state index is 11.2. The number of hydrogen-bond donors (Lipinski definition) is 0. The Hall–Kier alpha value is -1.52. The lowest BCUT2D eigenvalue weighted by Gasteiger charge is -2.06. The van der Waals surface area contributed by atoms with E-state index in [1.165, 1.54) is 0 Å². The first-order chi connectivity index (χ1) is 7.63. The van der Waals surface area contributed by atoms with E-state index in [-0.39, 0.29) is 24.3 Å². The first-order valence-corrected chi connectivity index (χ1v) is 5.37. The summed E-state index contributed by atoms with van der Waals surface area (Å²) < 4.78 is 13.8. The number of carbonyl (C=O) groups is 1. The molecule has 0 fully saturated rings. The second kappa shape index (κ2) is 7.73. The average Bonchev–Trinajstić information content (AvgIpc) is 2.73. The maximum Gasteiger partial charge on any atom is 0.518 e. The van der Waals surface area contributed by atoms with Gasteiger partial charge < -0.3 is 13.6 Å². The summed E-state index contributed by atoms with van der Waals surface area (Å²) in [7, 11) is 0. The molecule has 0 radical (unpaired) electrons. The predicted octanol–water partition coefficient (Wildman–Crippen LogP) is 2.35. The summed E-state index contributed by atoms with van der Waals surface area (Å²) >= 11 is 0. The minimum atomic E-state index is -0.792. The van der Waals surface area contributed by atoms with Crippen LogP contribution in [-0.4, -0.2) is 5.97 Å². The number of carbonyl (C=O) groups excluding carboxylic acids is 1. The van der Waals surface area contributed by atoms with E-state index < -0.39 is 5.82 Å². The van der Waals surface area contributed by atoms with E-state index in [2.05, 4.69) is 8.83 Å². The van der Waals surface area contributed by atoms with Crippen LogP contribution in [0, 0.1) is 5.92 Å². The SMILES string of the molecule is CC.CCC(C)C(=O)OCc1coc(=O)o1. The largest absolute Gasteiger partial charge is 0.518 e. The second-order valence-corrected chi connectivity index (χ2v) is 2.97. The normalized spacial score (nSPS) is 11.2. The molecule has 1 aromatic heterocycles. The Morgan fingerprint density at radius 1 is 1.50 bits per heavy atom. The van der Waals surface area contributed by atoms with Gasteiger partial charge in [0.2, 0.25) is 0 Å². The van der Waals surface area contributed by atoms with Gasteiger partial charge in [-0.15, -0.1) is 0 Å². The van der Waals surface area contributed by atoms with Crippen LogP contribution in [0.3, 0.4) is 0 Å². The third-order valence-corrected chi connectivity index (χ3v) is 1.87. The Balaban J connectivity index is 0.00000106. The van der Waals surface area contributed by atoms with Crippen molar-refractivity contribution in [1.82, 2.24) is 0 Å². The zero-order chi connectivity index (χ0) is 12.6. The smallest absolute Gasteiger partial charge is 0.457 e. The van der Waals surface area contributed by atoms with Crippen molar-refractivity contribution >= 4 is 5.97 Å². The van der Waals surface area contributed by atoms with Crippen molar-refractivity contribution in [3.05, 3.63) is 22.6 Å². The molecule has 92 valence electrons. The summed E-state index contributed by atoms with van der Waals surface area (Å²) in [4.78, 5) is 21.6. The summed E-state index contributed by atoms with van der Waals surface area (Å²) in [5.74, 6) is -1.03. The lowest BCUT2D eigenvalue weighted by Crippen LogP contribution is -2.13. The third kappa shape index (κ3) is 4.82. The van der Waals surface area contributed by atoms with Crippen molar-refractivity contribution in [2.24, 2.45) is 5.92 Å². The van der Waals surface area contributed by atoms with Crippen molar-refractivity contribution in [2.75, 3.05) is 0 Å². The molecular weight excluding hydrogens is 212 g/mol. The second-order valence-electron chi connectivity index (χ2n) is 2.97. The maximum atomic E-state index is 11.2. The number of ether oxygens (including phenoxy) is 1. The molecule has 0 spiro atoms. The van der Waals surface area contributed by atoms with E-state index in [0.29, 0.717) is 6.42 Å². The van der Waals surface area contributed by atoms with Crippen molar-refractivity contribution in [3.63, 3.8) is 0 Å². The summed E-state index contributed by atoms with van der Waals surface area (Å²) in [6.07, 6.45) is 1.85. The van der Waals surface area contributed by atoms with Gasteiger partial charge in [-0.2, -0.15) is 0 Å².